The standard InChI is InChI=1S/C15H22ClFN2/c1-4-15(3)10-19(11(2)8-18-15)9-12-5-6-13(17)7-14(12)16/h5-7,11,18H,4,8-10H2,1-3H3. The molecule has 0 bridgehead atoms. The van der Waals surface area contributed by atoms with Gasteiger partial charge in [0.25, 0.3) is 0 Å². The van der Waals surface area contributed by atoms with Crippen LogP contribution in [0.15, 0.2) is 18.2 Å². The predicted octanol–water partition coefficient (Wildman–Crippen LogP) is 3.44. The Kier molecular flexibility index (Phi) is 4.49. The SMILES string of the molecule is CCC1(C)CN(Cc2ccc(F)cc2Cl)C(C)CN1. The Bertz CT molecular complexity index is 452. The van der Waals surface area contributed by atoms with Crippen LogP contribution in [-0.2, 0) is 6.54 Å². The molecule has 1 saturated heterocycles. The number of rotatable bonds is 3. The highest BCUT2D eigenvalue weighted by atomic mass is 35.5. The lowest BCUT2D eigenvalue weighted by molar-refractivity contribution is 0.0866. The minimum atomic E-state index is -0.277. The lowest BCUT2D eigenvalue weighted by Crippen LogP contribution is -2.61. The zero-order chi connectivity index (χ0) is 14.0. The molecule has 0 radical (unpaired) electrons. The summed E-state index contributed by atoms with van der Waals surface area (Å²) in [5.41, 5.74) is 1.15. The minimum absolute atomic E-state index is 0.152. The number of nitrogens with zero attached hydrogens (tertiary/aromatic N) is 1. The average Bonchev–Trinajstić information content (AvgIpc) is 2.37. The van der Waals surface area contributed by atoms with E-state index in [0.29, 0.717) is 11.1 Å². The number of hydrogen-bond acceptors (Lipinski definition) is 2. The fourth-order valence-corrected chi connectivity index (χ4v) is 2.73. The van der Waals surface area contributed by atoms with Gasteiger partial charge in [0.2, 0.25) is 0 Å². The second-order valence-electron chi connectivity index (χ2n) is 5.78. The molecular formula is C15H22ClFN2. The second kappa shape index (κ2) is 5.78. The van der Waals surface area contributed by atoms with Gasteiger partial charge in [-0.2, -0.15) is 0 Å². The molecule has 2 rings (SSSR count). The maximum Gasteiger partial charge on any atom is 0.124 e. The Hall–Kier alpha value is -0.640. The third-order valence-electron chi connectivity index (χ3n) is 4.17. The zero-order valence-electron chi connectivity index (χ0n) is 11.8. The molecule has 1 N–H and O–H groups in total. The maximum absolute atomic E-state index is 13.1. The van der Waals surface area contributed by atoms with Gasteiger partial charge in [-0.3, -0.25) is 4.90 Å². The van der Waals surface area contributed by atoms with E-state index in [9.17, 15) is 4.39 Å². The van der Waals surface area contributed by atoms with Crippen LogP contribution in [0.4, 0.5) is 4.39 Å². The average molecular weight is 285 g/mol. The Morgan fingerprint density at radius 1 is 1.53 bits per heavy atom. The Labute approximate surface area is 119 Å². The molecular weight excluding hydrogens is 263 g/mol. The molecule has 1 aliphatic rings. The number of nitrogens with one attached hydrogen (secondary N) is 1. The van der Waals surface area contributed by atoms with E-state index in [1.54, 1.807) is 6.07 Å². The number of halogens is 2. The van der Waals surface area contributed by atoms with Gasteiger partial charge in [-0.15, -0.1) is 0 Å². The van der Waals surface area contributed by atoms with Gasteiger partial charge >= 0.3 is 0 Å². The van der Waals surface area contributed by atoms with E-state index in [0.717, 1.165) is 31.6 Å². The summed E-state index contributed by atoms with van der Waals surface area (Å²) in [5, 5.41) is 4.12. The minimum Gasteiger partial charge on any atom is -0.309 e. The summed E-state index contributed by atoms with van der Waals surface area (Å²) in [6, 6.07) is 5.12. The quantitative estimate of drug-likeness (QED) is 0.915. The van der Waals surface area contributed by atoms with Crippen molar-refractivity contribution in [2.75, 3.05) is 13.1 Å². The van der Waals surface area contributed by atoms with E-state index in [1.165, 1.54) is 12.1 Å². The molecule has 4 heteroatoms. The van der Waals surface area contributed by atoms with Crippen LogP contribution < -0.4 is 5.32 Å². The van der Waals surface area contributed by atoms with Crippen molar-refractivity contribution in [2.45, 2.75) is 45.3 Å². The van der Waals surface area contributed by atoms with Gasteiger partial charge in [-0.05, 0) is 38.0 Å². The molecule has 1 aromatic carbocycles. The third-order valence-corrected chi connectivity index (χ3v) is 4.52. The molecule has 0 spiro atoms. The highest BCUT2D eigenvalue weighted by molar-refractivity contribution is 6.31. The smallest absolute Gasteiger partial charge is 0.124 e. The first-order valence-electron chi connectivity index (χ1n) is 6.86. The lowest BCUT2D eigenvalue weighted by atomic mass is 9.93. The monoisotopic (exact) mass is 284 g/mol. The Balaban J connectivity index is 2.12. The fourth-order valence-electron chi connectivity index (χ4n) is 2.50. The van der Waals surface area contributed by atoms with E-state index >= 15 is 0 Å². The van der Waals surface area contributed by atoms with Crippen LogP contribution in [-0.4, -0.2) is 29.6 Å². The first-order valence-corrected chi connectivity index (χ1v) is 7.24. The van der Waals surface area contributed by atoms with E-state index in [2.05, 4.69) is 31.0 Å². The van der Waals surface area contributed by atoms with E-state index in [1.807, 2.05) is 0 Å². The summed E-state index contributed by atoms with van der Waals surface area (Å²) < 4.78 is 13.1. The first-order chi connectivity index (χ1) is 8.93. The summed E-state index contributed by atoms with van der Waals surface area (Å²) in [6.07, 6.45) is 1.09. The largest absolute Gasteiger partial charge is 0.309 e. The lowest BCUT2D eigenvalue weighted by Gasteiger charge is -2.45. The summed E-state index contributed by atoms with van der Waals surface area (Å²) in [5.74, 6) is -0.277. The van der Waals surface area contributed by atoms with Crippen LogP contribution in [0.1, 0.15) is 32.8 Å². The van der Waals surface area contributed by atoms with Crippen LogP contribution in [0.25, 0.3) is 0 Å². The van der Waals surface area contributed by atoms with E-state index < -0.39 is 0 Å². The van der Waals surface area contributed by atoms with Crippen molar-refractivity contribution < 1.29 is 4.39 Å². The molecule has 0 aliphatic carbocycles. The molecule has 0 saturated carbocycles. The van der Waals surface area contributed by atoms with Crippen molar-refractivity contribution in [1.82, 2.24) is 10.2 Å². The number of benzene rings is 1. The fraction of sp³-hybridized carbons (Fsp3) is 0.600. The summed E-state index contributed by atoms with van der Waals surface area (Å²) in [4.78, 5) is 2.42. The van der Waals surface area contributed by atoms with Gasteiger partial charge in [0, 0.05) is 36.2 Å². The highest BCUT2D eigenvalue weighted by Gasteiger charge is 2.32. The van der Waals surface area contributed by atoms with Gasteiger partial charge < -0.3 is 5.32 Å². The van der Waals surface area contributed by atoms with Crippen LogP contribution in [0.5, 0.6) is 0 Å². The molecule has 1 heterocycles. The number of piperazine rings is 1. The van der Waals surface area contributed by atoms with Gasteiger partial charge in [-0.25, -0.2) is 4.39 Å². The van der Waals surface area contributed by atoms with Crippen molar-refractivity contribution in [3.8, 4) is 0 Å². The molecule has 1 aliphatic heterocycles. The van der Waals surface area contributed by atoms with E-state index in [4.69, 9.17) is 11.6 Å². The Morgan fingerprint density at radius 3 is 2.89 bits per heavy atom. The summed E-state index contributed by atoms with van der Waals surface area (Å²) >= 11 is 6.12. The molecule has 19 heavy (non-hydrogen) atoms. The van der Waals surface area contributed by atoms with Crippen molar-refractivity contribution in [3.05, 3.63) is 34.6 Å². The van der Waals surface area contributed by atoms with Crippen molar-refractivity contribution in [3.63, 3.8) is 0 Å². The molecule has 1 fully saturated rings. The molecule has 2 unspecified atom stereocenters. The molecule has 0 amide bonds. The Morgan fingerprint density at radius 2 is 2.26 bits per heavy atom. The van der Waals surface area contributed by atoms with Crippen LogP contribution in [0.2, 0.25) is 5.02 Å². The van der Waals surface area contributed by atoms with E-state index in [-0.39, 0.29) is 11.4 Å². The highest BCUT2D eigenvalue weighted by Crippen LogP contribution is 2.24. The third kappa shape index (κ3) is 3.47. The first kappa shape index (κ1) is 14.8. The van der Waals surface area contributed by atoms with Gasteiger partial charge in [0.05, 0.1) is 0 Å². The maximum atomic E-state index is 13.1. The van der Waals surface area contributed by atoms with Crippen LogP contribution in [0, 0.1) is 5.82 Å². The molecule has 0 aromatic heterocycles. The summed E-state index contributed by atoms with van der Waals surface area (Å²) in [6.45, 7) is 9.39. The second-order valence-corrected chi connectivity index (χ2v) is 6.19. The molecule has 2 atom stereocenters. The van der Waals surface area contributed by atoms with Gasteiger partial charge in [0.1, 0.15) is 5.82 Å². The van der Waals surface area contributed by atoms with Gasteiger partial charge in [-0.1, -0.05) is 24.6 Å². The van der Waals surface area contributed by atoms with Crippen LogP contribution in [0.3, 0.4) is 0 Å². The van der Waals surface area contributed by atoms with Gasteiger partial charge in [0.15, 0.2) is 0 Å². The molecule has 1 aromatic rings. The zero-order valence-corrected chi connectivity index (χ0v) is 12.6. The van der Waals surface area contributed by atoms with Crippen molar-refractivity contribution in [1.29, 1.82) is 0 Å². The van der Waals surface area contributed by atoms with Crippen LogP contribution >= 0.6 is 11.6 Å². The van der Waals surface area contributed by atoms with Crippen molar-refractivity contribution >= 4 is 11.6 Å². The number of hydrogen-bond donors (Lipinski definition) is 1. The topological polar surface area (TPSA) is 15.3 Å². The normalized spacial score (nSPS) is 28.6. The molecule has 2 nitrogen and oxygen atoms in total. The van der Waals surface area contributed by atoms with Crippen molar-refractivity contribution in [2.24, 2.45) is 0 Å². The molecule has 106 valence electrons. The summed E-state index contributed by atoms with van der Waals surface area (Å²) in [7, 11) is 0. The predicted molar refractivity (Wildman–Crippen MR) is 78.0 cm³/mol.